The van der Waals surface area contributed by atoms with E-state index in [1.54, 1.807) is 66.6 Å². The first-order chi connectivity index (χ1) is 58.7. The van der Waals surface area contributed by atoms with E-state index in [9.17, 15) is 59.4 Å². The van der Waals surface area contributed by atoms with Gasteiger partial charge in [0.15, 0.2) is 18.7 Å². The van der Waals surface area contributed by atoms with Gasteiger partial charge in [-0.05, 0) is 155 Å². The highest BCUT2D eigenvalue weighted by molar-refractivity contribution is 14.1. The quantitative estimate of drug-likeness (QED) is 0.0265. The summed E-state index contributed by atoms with van der Waals surface area (Å²) in [5.74, 6) is 1.43. The standard InChI is InChI=1S/C15H23N2O4P.C15H25N2O3P.C14H22BrN2O3P.C14H22ClN2O3P.2C14H22IN2O3P/c1-10-16-11(18)5-7-17(10)14-12-13(19)15(21-14,9-20-12)6-8-22(2,3)4;1-10-14(19)12(7-9-21(3,4)5)20-15(10)17-8-6-13(18)16-11(17)2;4*1-9-16-11(18)5-7-17(9)14-12(15)13(19)10(20-14)6-8-21(2,3)4/h5,7,12-14,19H,1-2,6,8-9H2,3-4H3,(H,16,18);6,8,10,12,14-15,19H,2-3,7,9H2,1,4-5H3,(H,16,18);4*5,7,10,12-14,19H,1-2,6,8H2,3-4H3,(H,16,18)/t12-,13+,14-,15+;10-,12-,14+,15-;4*10-,12-,13-,14-/m111111/s1. The summed E-state index contributed by atoms with van der Waals surface area (Å²) < 4.78 is 41.7. The van der Waals surface area contributed by atoms with Crippen molar-refractivity contribution >= 4 is 187 Å². The molecule has 127 heavy (non-hydrogen) atoms. The van der Waals surface area contributed by atoms with Gasteiger partial charge in [-0.1, -0.05) is 108 Å². The van der Waals surface area contributed by atoms with Crippen LogP contribution in [0.5, 0.6) is 0 Å². The van der Waals surface area contributed by atoms with E-state index in [0.29, 0.717) is 41.5 Å². The molecule has 31 nitrogen and oxygen atoms in total. The van der Waals surface area contributed by atoms with Crippen molar-refractivity contribution in [1.29, 1.82) is 0 Å². The summed E-state index contributed by atoms with van der Waals surface area (Å²) in [6.45, 7) is 44.4. The minimum Gasteiger partial charge on any atom is -0.390 e. The molecule has 13 aliphatic heterocycles. The predicted octanol–water partition coefficient (Wildman–Crippen LogP) is 6.91. The van der Waals surface area contributed by atoms with Gasteiger partial charge in [0, 0.05) is 79.6 Å². The smallest absolute Gasteiger partial charge is 0.250 e. The number of amides is 6. The average molecular weight is 2200 g/mol. The van der Waals surface area contributed by atoms with Crippen LogP contribution in [0, 0.1) is 5.92 Å². The van der Waals surface area contributed by atoms with Gasteiger partial charge in [0.25, 0.3) is 35.4 Å². The molecule has 0 unspecified atom stereocenters. The summed E-state index contributed by atoms with van der Waals surface area (Å²) in [6.07, 6.45) is 46.4. The van der Waals surface area contributed by atoms with Gasteiger partial charge in [0.05, 0.1) is 74.2 Å². The fourth-order valence-electron chi connectivity index (χ4n) is 15.2. The summed E-state index contributed by atoms with van der Waals surface area (Å²) in [6, 6.07) is 0. The number of carbonyl (C=O) groups is 6. The van der Waals surface area contributed by atoms with E-state index < -0.39 is 107 Å². The van der Waals surface area contributed by atoms with Crippen LogP contribution in [0.2, 0.25) is 0 Å². The molecule has 0 radical (unpaired) electrons. The molecule has 13 aliphatic rings. The highest BCUT2D eigenvalue weighted by Crippen LogP contribution is 2.50. The largest absolute Gasteiger partial charge is 0.390 e. The Kier molecular flexibility index (Phi) is 38.5. The molecule has 41 heteroatoms. The first-order valence-corrected chi connectivity index (χ1v) is 63.9. The molecule has 0 saturated carbocycles. The third-order valence-corrected chi connectivity index (χ3v) is 35.5. The molecule has 0 aromatic heterocycles. The third kappa shape index (κ3) is 30.5. The van der Waals surface area contributed by atoms with Crippen LogP contribution in [-0.2, 0) is 61.9 Å². The molecule has 2 bridgehead atoms. The Balaban J connectivity index is 0.000000189. The molecular weight excluding hydrogens is 2060 g/mol. The highest BCUT2D eigenvalue weighted by Gasteiger charge is 2.63. The highest BCUT2D eigenvalue weighted by atomic mass is 127. The first kappa shape index (κ1) is 108. The van der Waals surface area contributed by atoms with Crippen LogP contribution >= 0.6 is 114 Å². The lowest BCUT2D eigenvalue weighted by Gasteiger charge is -2.38. The Morgan fingerprint density at radius 3 is 0.961 bits per heavy atom. The Labute approximate surface area is 792 Å². The van der Waals surface area contributed by atoms with Crippen LogP contribution < -0.4 is 31.9 Å². The van der Waals surface area contributed by atoms with Crippen molar-refractivity contribution in [2.45, 2.75) is 180 Å². The number of fused-ring (bicyclic) bond motifs is 2. The van der Waals surface area contributed by atoms with Crippen LogP contribution in [0.3, 0.4) is 0 Å². The normalized spacial score (nSPS) is 34.2. The molecule has 6 amide bonds. The predicted molar refractivity (Wildman–Crippen MR) is 546 cm³/mol. The van der Waals surface area contributed by atoms with Crippen molar-refractivity contribution in [2.24, 2.45) is 5.92 Å². The maximum Gasteiger partial charge on any atom is 0.250 e. The van der Waals surface area contributed by atoms with E-state index in [2.05, 4.69) is 250 Å². The van der Waals surface area contributed by atoms with Gasteiger partial charge in [-0.15, -0.1) is 90.7 Å². The Hall–Kier alpha value is -3.99. The Bertz CT molecular complexity index is 4090. The molecule has 7 saturated heterocycles. The first-order valence-electron chi connectivity index (χ1n) is 41.7. The lowest BCUT2D eigenvalue weighted by Crippen LogP contribution is -2.49. The van der Waals surface area contributed by atoms with Gasteiger partial charge in [-0.3, -0.25) is 28.8 Å². The second kappa shape index (κ2) is 45.1. The zero-order valence-electron chi connectivity index (χ0n) is 75.3. The van der Waals surface area contributed by atoms with Crippen molar-refractivity contribution in [1.82, 2.24) is 61.3 Å². The van der Waals surface area contributed by atoms with Gasteiger partial charge < -0.3 is 125 Å². The maximum absolute atomic E-state index is 11.3. The minimum atomic E-state index is -1.20. The number of aliphatic hydroxyl groups excluding tert-OH is 6. The van der Waals surface area contributed by atoms with Crippen molar-refractivity contribution < 1.29 is 92.6 Å². The average Bonchev–Trinajstić information content (AvgIpc) is 1.58. The topological polar surface area (TPSA) is 380 Å². The lowest BCUT2D eigenvalue weighted by atomic mass is 9.96. The number of hydrogen-bond donors (Lipinski definition) is 12. The fraction of sp³-hybridized carbons (Fsp3) is 0.581. The maximum atomic E-state index is 11.3. The van der Waals surface area contributed by atoms with Gasteiger partial charge in [0.1, 0.15) is 82.9 Å². The zero-order chi connectivity index (χ0) is 95.0. The number of nitrogens with one attached hydrogen (secondary N) is 6. The summed E-state index contributed by atoms with van der Waals surface area (Å²) >= 11 is 14.2. The molecule has 13 rings (SSSR count). The molecule has 0 aliphatic carbocycles. The van der Waals surface area contributed by atoms with Crippen molar-refractivity contribution in [3.8, 4) is 0 Å². The number of hydrogen-bond acceptors (Lipinski definition) is 25. The van der Waals surface area contributed by atoms with Gasteiger partial charge >= 0.3 is 0 Å². The number of aliphatic hydroxyl groups is 6. The zero-order valence-corrected chi connectivity index (χ0v) is 87.3. The van der Waals surface area contributed by atoms with Crippen LogP contribution in [0.4, 0.5) is 0 Å². The molecule has 13 heterocycles. The molecule has 0 aromatic carbocycles. The Morgan fingerprint density at radius 1 is 0.394 bits per heavy atom. The van der Waals surface area contributed by atoms with Gasteiger partial charge in [-0.2, -0.15) is 0 Å². The van der Waals surface area contributed by atoms with E-state index in [1.165, 1.54) is 36.5 Å². The minimum absolute atomic E-state index is 0.0577. The molecule has 712 valence electrons. The van der Waals surface area contributed by atoms with E-state index in [4.69, 9.17) is 44.8 Å². The van der Waals surface area contributed by atoms with E-state index >= 15 is 0 Å². The summed E-state index contributed by atoms with van der Waals surface area (Å²) in [4.78, 5) is 77.8. The van der Waals surface area contributed by atoms with Gasteiger partial charge in [-0.25, -0.2) is 0 Å². The SMILES string of the molecule is C=C1NC(=O)C=CN1[C@@H]1O[C@@]2(CCP(=C)(C)C)CO[C@@H]1[C@@H]2O.C=C1NC(=O)C=CN1[C@@H]1O[C@H](CCP(=C)(C)C)[C@@H](O)[C@H]1Br.C=C1NC(=O)C=CN1[C@@H]1O[C@H](CCP(=C)(C)C)[C@@H](O)[C@H]1C.C=C1NC(=O)C=CN1[C@@H]1O[C@H](CCP(=C)(C)C)[C@@H](O)[C@H]1Cl.C=C1NC(=O)C=CN1[C@@H]1O[C@H](CCP(=C)(C)C)[C@@H](O)[C@H]1I.C=C1NC(=O)C=CN1[C@@H]1O[C@H](CCP(=C)(C)C)[C@@H](O)[C@H]1I. The number of nitrogens with zero attached hydrogens (tertiary/aromatic N) is 6. The van der Waals surface area contributed by atoms with E-state index in [1.807, 2.05) is 6.92 Å². The second-order valence-electron chi connectivity index (χ2n) is 37.8. The molecule has 7 fully saturated rings. The molecule has 0 spiro atoms. The summed E-state index contributed by atoms with van der Waals surface area (Å²) in [7, 11) is 0. The molecular formula is C86H136BrClI2N12O19P6. The molecule has 12 N–H and O–H groups in total. The summed E-state index contributed by atoms with van der Waals surface area (Å²) in [5, 5.41) is 77.6. The lowest BCUT2D eigenvalue weighted by molar-refractivity contribution is -0.182. The monoisotopic (exact) mass is 2190 g/mol. The van der Waals surface area contributed by atoms with Crippen LogP contribution in [-0.4, -0.2) is 391 Å². The number of ether oxygens (including phenoxy) is 7. The fourth-order valence-corrected chi connectivity index (χ4v) is 24.0. The number of alkyl halides is 4. The van der Waals surface area contributed by atoms with Crippen molar-refractivity contribution in [3.63, 3.8) is 0 Å². The van der Waals surface area contributed by atoms with Crippen molar-refractivity contribution in [3.05, 3.63) is 148 Å². The van der Waals surface area contributed by atoms with Crippen LogP contribution in [0.1, 0.15) is 45.4 Å². The Morgan fingerprint density at radius 2 is 0.646 bits per heavy atom. The van der Waals surface area contributed by atoms with Crippen LogP contribution in [0.15, 0.2) is 148 Å². The van der Waals surface area contributed by atoms with Crippen molar-refractivity contribution in [2.75, 3.05) is 124 Å². The third-order valence-electron chi connectivity index (χ3n) is 22.5. The number of halogens is 4. The molecule has 0 aromatic rings. The van der Waals surface area contributed by atoms with Crippen LogP contribution in [0.25, 0.3) is 0 Å². The number of carbonyl (C=O) groups excluding carboxylic acids is 6. The summed E-state index contributed by atoms with van der Waals surface area (Å²) in [5.41, 5.74) is -0.681. The number of rotatable bonds is 24. The molecule has 24 atom stereocenters. The second-order valence-corrected chi connectivity index (χ2v) is 68.2. The van der Waals surface area contributed by atoms with E-state index in [0.717, 1.165) is 75.5 Å². The van der Waals surface area contributed by atoms with E-state index in [-0.39, 0.29) is 109 Å². The van der Waals surface area contributed by atoms with Gasteiger partial charge in [0.2, 0.25) is 0 Å².